The van der Waals surface area contributed by atoms with Crippen molar-refractivity contribution in [3.63, 3.8) is 0 Å². The minimum atomic E-state index is -0.966. The number of hydrogen-bond donors (Lipinski definition) is 0. The normalized spacial score (nSPS) is 10.8. The summed E-state index contributed by atoms with van der Waals surface area (Å²) in [6.07, 6.45) is 0. The third-order valence-corrected chi connectivity index (χ3v) is 3.93. The summed E-state index contributed by atoms with van der Waals surface area (Å²) in [5, 5.41) is 0. The van der Waals surface area contributed by atoms with Gasteiger partial charge in [-0.05, 0) is 36.6 Å². The van der Waals surface area contributed by atoms with E-state index in [1.807, 2.05) is 19.1 Å². The summed E-state index contributed by atoms with van der Waals surface area (Å²) in [6, 6.07) is 14.5. The van der Waals surface area contributed by atoms with Crippen LogP contribution in [0.5, 0.6) is 0 Å². The zero-order chi connectivity index (χ0) is 16.6. The van der Waals surface area contributed by atoms with Gasteiger partial charge in [-0.1, -0.05) is 54.1 Å². The van der Waals surface area contributed by atoms with E-state index in [1.54, 1.807) is 31.2 Å². The Kier molecular flexibility index (Phi) is 3.95. The highest BCUT2D eigenvalue weighted by atomic mass is 19.2. The lowest BCUT2D eigenvalue weighted by molar-refractivity contribution is 0.513. The Labute approximate surface area is 133 Å². The van der Waals surface area contributed by atoms with Crippen LogP contribution in [0.3, 0.4) is 0 Å². The van der Waals surface area contributed by atoms with Gasteiger partial charge >= 0.3 is 0 Å². The van der Waals surface area contributed by atoms with Gasteiger partial charge in [0.25, 0.3) is 0 Å². The first-order valence-electron chi connectivity index (χ1n) is 7.29. The van der Waals surface area contributed by atoms with Crippen molar-refractivity contribution in [2.75, 3.05) is 0 Å². The van der Waals surface area contributed by atoms with Gasteiger partial charge in [0.15, 0.2) is 11.6 Å². The van der Waals surface area contributed by atoms with E-state index in [9.17, 15) is 13.2 Å². The van der Waals surface area contributed by atoms with Gasteiger partial charge in [0.2, 0.25) is 0 Å². The molecule has 0 fully saturated rings. The molecule has 0 bridgehead atoms. The lowest BCUT2D eigenvalue weighted by Gasteiger charge is -2.10. The van der Waals surface area contributed by atoms with Crippen LogP contribution in [0.25, 0.3) is 22.3 Å². The number of halogens is 3. The quantitative estimate of drug-likeness (QED) is 0.540. The molecule has 0 saturated heterocycles. The van der Waals surface area contributed by atoms with Crippen molar-refractivity contribution < 1.29 is 13.2 Å². The van der Waals surface area contributed by atoms with E-state index in [4.69, 9.17) is 0 Å². The molecule has 3 heteroatoms. The Hall–Kier alpha value is -2.55. The highest BCUT2D eigenvalue weighted by Crippen LogP contribution is 2.32. The van der Waals surface area contributed by atoms with Gasteiger partial charge in [-0.3, -0.25) is 0 Å². The molecular weight excluding hydrogens is 297 g/mol. The predicted molar refractivity (Wildman–Crippen MR) is 86.7 cm³/mol. The van der Waals surface area contributed by atoms with Crippen LogP contribution in [-0.4, -0.2) is 0 Å². The maximum absolute atomic E-state index is 14.4. The minimum absolute atomic E-state index is 0.0530. The largest absolute Gasteiger partial charge is 0.207 e. The number of rotatable bonds is 2. The molecule has 0 aliphatic rings. The molecule has 0 unspecified atom stereocenters. The van der Waals surface area contributed by atoms with E-state index >= 15 is 0 Å². The molecule has 116 valence electrons. The molecule has 0 atom stereocenters. The van der Waals surface area contributed by atoms with Crippen molar-refractivity contribution in [3.8, 4) is 22.3 Å². The first-order chi connectivity index (χ1) is 11.0. The second-order valence-corrected chi connectivity index (χ2v) is 5.62. The molecule has 23 heavy (non-hydrogen) atoms. The topological polar surface area (TPSA) is 0 Å². The van der Waals surface area contributed by atoms with Crippen LogP contribution in [0.4, 0.5) is 13.2 Å². The Morgan fingerprint density at radius 2 is 1.13 bits per heavy atom. The van der Waals surface area contributed by atoms with Crippen LogP contribution in [0, 0.1) is 31.3 Å². The van der Waals surface area contributed by atoms with Crippen molar-refractivity contribution in [3.05, 3.63) is 83.2 Å². The van der Waals surface area contributed by atoms with Crippen molar-refractivity contribution in [2.45, 2.75) is 13.8 Å². The number of hydrogen-bond acceptors (Lipinski definition) is 0. The van der Waals surface area contributed by atoms with Gasteiger partial charge in [0.05, 0.1) is 0 Å². The van der Waals surface area contributed by atoms with Crippen LogP contribution in [0.15, 0.2) is 54.6 Å². The van der Waals surface area contributed by atoms with Gasteiger partial charge in [-0.15, -0.1) is 0 Å². The van der Waals surface area contributed by atoms with Crippen molar-refractivity contribution in [2.24, 2.45) is 0 Å². The Morgan fingerprint density at radius 1 is 0.609 bits per heavy atom. The van der Waals surface area contributed by atoms with Crippen molar-refractivity contribution in [1.29, 1.82) is 0 Å². The molecule has 0 heterocycles. The van der Waals surface area contributed by atoms with E-state index in [0.717, 1.165) is 5.56 Å². The van der Waals surface area contributed by atoms with Gasteiger partial charge in [-0.25, -0.2) is 13.2 Å². The fourth-order valence-electron chi connectivity index (χ4n) is 2.49. The minimum Gasteiger partial charge on any atom is -0.207 e. The molecule has 0 radical (unpaired) electrons. The predicted octanol–water partition coefficient (Wildman–Crippen LogP) is 6.05. The van der Waals surface area contributed by atoms with E-state index in [0.29, 0.717) is 16.7 Å². The molecule has 3 aromatic carbocycles. The molecule has 0 amide bonds. The Bertz CT molecular complexity index is 865. The zero-order valence-electron chi connectivity index (χ0n) is 12.8. The molecule has 0 spiro atoms. The van der Waals surface area contributed by atoms with Crippen LogP contribution in [0.2, 0.25) is 0 Å². The maximum atomic E-state index is 14.4. The Balaban J connectivity index is 2.10. The maximum Gasteiger partial charge on any atom is 0.167 e. The number of benzene rings is 3. The van der Waals surface area contributed by atoms with Crippen LogP contribution < -0.4 is 0 Å². The van der Waals surface area contributed by atoms with E-state index < -0.39 is 17.5 Å². The first kappa shape index (κ1) is 15.3. The van der Waals surface area contributed by atoms with E-state index in [1.165, 1.54) is 18.2 Å². The smallest absolute Gasteiger partial charge is 0.167 e. The van der Waals surface area contributed by atoms with Gasteiger partial charge in [0.1, 0.15) is 5.82 Å². The lowest BCUT2D eigenvalue weighted by Crippen LogP contribution is -1.95. The monoisotopic (exact) mass is 312 g/mol. The van der Waals surface area contributed by atoms with Crippen LogP contribution in [0.1, 0.15) is 11.1 Å². The summed E-state index contributed by atoms with van der Waals surface area (Å²) in [5.74, 6) is -2.33. The zero-order valence-corrected chi connectivity index (χ0v) is 12.8. The molecular formula is C20H15F3. The second-order valence-electron chi connectivity index (χ2n) is 5.62. The molecule has 0 aliphatic heterocycles. The Morgan fingerprint density at radius 3 is 1.70 bits per heavy atom. The van der Waals surface area contributed by atoms with Gasteiger partial charge in [-0.2, -0.15) is 0 Å². The van der Waals surface area contributed by atoms with Gasteiger partial charge in [0, 0.05) is 11.1 Å². The second kappa shape index (κ2) is 5.92. The standard InChI is InChI=1S/C20H15F3/c1-12-3-6-14(7-4-12)16-9-10-17(20(23)19(16)22)15-8-5-13(2)18(21)11-15/h3-11H,1-2H3. The molecule has 0 N–H and O–H groups in total. The molecule has 0 saturated carbocycles. The summed E-state index contributed by atoms with van der Waals surface area (Å²) < 4.78 is 42.6. The average Bonchev–Trinajstić information content (AvgIpc) is 2.54. The summed E-state index contributed by atoms with van der Waals surface area (Å²) in [4.78, 5) is 0. The first-order valence-corrected chi connectivity index (χ1v) is 7.29. The fraction of sp³-hybridized carbons (Fsp3) is 0.100. The van der Waals surface area contributed by atoms with Crippen molar-refractivity contribution in [1.82, 2.24) is 0 Å². The molecule has 0 aromatic heterocycles. The summed E-state index contributed by atoms with van der Waals surface area (Å²) >= 11 is 0. The third kappa shape index (κ3) is 2.87. The number of aryl methyl sites for hydroxylation is 2. The molecule has 0 aliphatic carbocycles. The highest BCUT2D eigenvalue weighted by molar-refractivity contribution is 5.72. The molecule has 3 aromatic rings. The van der Waals surface area contributed by atoms with Gasteiger partial charge < -0.3 is 0 Å². The van der Waals surface area contributed by atoms with Crippen LogP contribution >= 0.6 is 0 Å². The molecule has 0 nitrogen and oxygen atoms in total. The van der Waals surface area contributed by atoms with Crippen molar-refractivity contribution >= 4 is 0 Å². The lowest BCUT2D eigenvalue weighted by atomic mass is 9.97. The average molecular weight is 312 g/mol. The van der Waals surface area contributed by atoms with E-state index in [-0.39, 0.29) is 11.1 Å². The highest BCUT2D eigenvalue weighted by Gasteiger charge is 2.16. The summed E-state index contributed by atoms with van der Waals surface area (Å²) in [5.41, 5.74) is 2.68. The summed E-state index contributed by atoms with van der Waals surface area (Å²) in [7, 11) is 0. The fourth-order valence-corrected chi connectivity index (χ4v) is 2.49. The SMILES string of the molecule is Cc1ccc(-c2ccc(-c3ccc(C)c(F)c3)c(F)c2F)cc1. The van der Waals surface area contributed by atoms with E-state index in [2.05, 4.69) is 0 Å². The molecule has 3 rings (SSSR count). The third-order valence-electron chi connectivity index (χ3n) is 3.93. The summed E-state index contributed by atoms with van der Waals surface area (Å²) in [6.45, 7) is 3.55. The van der Waals surface area contributed by atoms with Crippen LogP contribution in [-0.2, 0) is 0 Å².